The summed E-state index contributed by atoms with van der Waals surface area (Å²) in [4.78, 5) is 11.1. The minimum absolute atomic E-state index is 0.443. The molecule has 0 fully saturated rings. The van der Waals surface area contributed by atoms with Crippen LogP contribution in [0.25, 0.3) is 10.9 Å². The number of likely N-dealkylation sites (N-methyl/N-ethyl adjacent to an activating group) is 1. The molecule has 1 aromatic carbocycles. The summed E-state index contributed by atoms with van der Waals surface area (Å²) in [6.45, 7) is 0. The molecule has 0 saturated carbocycles. The predicted octanol–water partition coefficient (Wildman–Crippen LogP) is 1.37. The summed E-state index contributed by atoms with van der Waals surface area (Å²) in [6, 6.07) is 5.18. The molecule has 98 valence electrons. The van der Waals surface area contributed by atoms with Crippen molar-refractivity contribution in [2.45, 2.75) is 12.5 Å². The summed E-state index contributed by atoms with van der Waals surface area (Å²) >= 11 is 0. The van der Waals surface area contributed by atoms with Crippen molar-refractivity contribution in [2.24, 2.45) is 7.05 Å². The van der Waals surface area contributed by atoms with Crippen LogP contribution >= 0.6 is 0 Å². The Kier molecular flexibility index (Phi) is 3.59. The third-order valence-electron chi connectivity index (χ3n) is 3.31. The quantitative estimate of drug-likeness (QED) is 0.812. The van der Waals surface area contributed by atoms with E-state index in [-0.39, 0.29) is 0 Å². The minimum atomic E-state index is -0.847. The molecule has 1 unspecified atom stereocenters. The van der Waals surface area contributed by atoms with Gasteiger partial charge < -0.3 is 15.0 Å². The Morgan fingerprint density at radius 2 is 2.32 bits per heavy atom. The number of aliphatic carboxylic acids is 1. The van der Waals surface area contributed by atoms with Crippen LogP contribution in [0.2, 0.25) is 0 Å². The van der Waals surface area contributed by atoms with E-state index >= 15 is 0 Å². The van der Waals surface area contributed by atoms with Crippen molar-refractivity contribution in [3.05, 3.63) is 35.5 Å². The van der Waals surface area contributed by atoms with Crippen molar-refractivity contribution in [3.63, 3.8) is 0 Å². The number of benzene rings is 1. The van der Waals surface area contributed by atoms with Crippen LogP contribution in [-0.2, 0) is 18.3 Å². The van der Waals surface area contributed by atoms with E-state index < -0.39 is 12.0 Å². The van der Waals surface area contributed by atoms with E-state index in [2.05, 4.69) is 11.2 Å². The van der Waals surface area contributed by atoms with Crippen LogP contribution in [0.5, 0.6) is 0 Å². The van der Waals surface area contributed by atoms with Crippen LogP contribution in [0, 0.1) is 12.3 Å². The highest BCUT2D eigenvalue weighted by Gasteiger charge is 2.18. The van der Waals surface area contributed by atoms with Gasteiger partial charge in [-0.1, -0.05) is 12.0 Å². The maximum absolute atomic E-state index is 11.1. The van der Waals surface area contributed by atoms with Crippen molar-refractivity contribution in [1.29, 1.82) is 0 Å². The highest BCUT2D eigenvalue weighted by molar-refractivity contribution is 5.86. The van der Waals surface area contributed by atoms with Gasteiger partial charge in [0.25, 0.3) is 0 Å². The molecule has 19 heavy (non-hydrogen) atoms. The Labute approximate surface area is 112 Å². The Hall–Kier alpha value is -2.25. The van der Waals surface area contributed by atoms with Gasteiger partial charge in [-0.3, -0.25) is 4.79 Å². The number of aromatic nitrogens is 1. The molecule has 0 aliphatic heterocycles. The molecule has 4 heteroatoms. The van der Waals surface area contributed by atoms with Crippen molar-refractivity contribution in [3.8, 4) is 12.3 Å². The number of carboxylic acids is 1. The Morgan fingerprint density at radius 3 is 2.89 bits per heavy atom. The summed E-state index contributed by atoms with van der Waals surface area (Å²) in [7, 11) is 3.58. The molecule has 0 aliphatic carbocycles. The van der Waals surface area contributed by atoms with Gasteiger partial charge in [-0.2, -0.15) is 0 Å². The number of nitrogens with one attached hydrogen (secondary N) is 1. The van der Waals surface area contributed by atoms with Gasteiger partial charge in [0.15, 0.2) is 0 Å². The largest absolute Gasteiger partial charge is 0.480 e. The number of hydrogen-bond donors (Lipinski definition) is 2. The van der Waals surface area contributed by atoms with Gasteiger partial charge in [0, 0.05) is 36.1 Å². The van der Waals surface area contributed by atoms with E-state index in [0.717, 1.165) is 22.0 Å². The average Bonchev–Trinajstić information content (AvgIpc) is 2.71. The summed E-state index contributed by atoms with van der Waals surface area (Å²) in [5.74, 6) is 1.76. The molecular weight excluding hydrogens is 240 g/mol. The van der Waals surface area contributed by atoms with E-state index in [9.17, 15) is 4.79 Å². The highest BCUT2D eigenvalue weighted by atomic mass is 16.4. The molecule has 2 rings (SSSR count). The molecule has 0 amide bonds. The number of fused-ring (bicyclic) bond motifs is 1. The lowest BCUT2D eigenvalue weighted by atomic mass is 10.0. The first kappa shape index (κ1) is 13.2. The zero-order valence-electron chi connectivity index (χ0n) is 11.0. The Morgan fingerprint density at radius 1 is 1.58 bits per heavy atom. The van der Waals surface area contributed by atoms with Crippen LogP contribution in [0.4, 0.5) is 0 Å². The molecule has 0 bridgehead atoms. The molecule has 2 aromatic rings. The van der Waals surface area contributed by atoms with Gasteiger partial charge in [0.2, 0.25) is 0 Å². The van der Waals surface area contributed by atoms with Gasteiger partial charge in [-0.25, -0.2) is 0 Å². The lowest BCUT2D eigenvalue weighted by Gasteiger charge is -2.09. The first-order chi connectivity index (χ1) is 9.06. The Bertz CT molecular complexity index is 665. The number of carbonyl (C=O) groups is 1. The summed E-state index contributed by atoms with van der Waals surface area (Å²) in [5, 5.41) is 12.9. The lowest BCUT2D eigenvalue weighted by Crippen LogP contribution is -2.35. The fraction of sp³-hybridized carbons (Fsp3) is 0.267. The van der Waals surface area contributed by atoms with E-state index in [4.69, 9.17) is 11.5 Å². The third-order valence-corrected chi connectivity index (χ3v) is 3.31. The fourth-order valence-corrected chi connectivity index (χ4v) is 2.25. The van der Waals surface area contributed by atoms with Crippen molar-refractivity contribution < 1.29 is 9.90 Å². The van der Waals surface area contributed by atoms with Crippen molar-refractivity contribution in [2.75, 3.05) is 7.05 Å². The van der Waals surface area contributed by atoms with Crippen LogP contribution in [0.1, 0.15) is 11.1 Å². The molecule has 4 nitrogen and oxygen atoms in total. The number of rotatable bonds is 4. The Balaban J connectivity index is 2.45. The molecule has 1 aromatic heterocycles. The maximum Gasteiger partial charge on any atom is 0.321 e. The van der Waals surface area contributed by atoms with Crippen LogP contribution in [0.3, 0.4) is 0 Å². The predicted molar refractivity (Wildman–Crippen MR) is 75.0 cm³/mol. The van der Waals surface area contributed by atoms with Crippen LogP contribution in [0.15, 0.2) is 24.4 Å². The molecule has 0 aliphatic rings. The zero-order valence-corrected chi connectivity index (χ0v) is 11.0. The normalized spacial score (nSPS) is 12.3. The van der Waals surface area contributed by atoms with E-state index in [1.807, 2.05) is 36.0 Å². The number of terminal acetylenes is 1. The molecule has 2 N–H and O–H groups in total. The number of nitrogens with zero attached hydrogens (tertiary/aromatic N) is 1. The van der Waals surface area contributed by atoms with E-state index in [1.54, 1.807) is 7.05 Å². The van der Waals surface area contributed by atoms with Crippen molar-refractivity contribution >= 4 is 16.9 Å². The highest BCUT2D eigenvalue weighted by Crippen LogP contribution is 2.23. The molecule has 0 radical (unpaired) electrons. The average molecular weight is 256 g/mol. The van der Waals surface area contributed by atoms with Gasteiger partial charge in [-0.05, 0) is 24.7 Å². The van der Waals surface area contributed by atoms with Gasteiger partial charge >= 0.3 is 5.97 Å². The van der Waals surface area contributed by atoms with Gasteiger partial charge in [-0.15, -0.1) is 6.42 Å². The summed E-state index contributed by atoms with van der Waals surface area (Å²) in [5.41, 5.74) is 2.84. The van der Waals surface area contributed by atoms with Gasteiger partial charge in [0.1, 0.15) is 6.04 Å². The second kappa shape index (κ2) is 5.17. The second-order valence-electron chi connectivity index (χ2n) is 4.53. The van der Waals surface area contributed by atoms with Crippen LogP contribution < -0.4 is 5.32 Å². The molecule has 0 saturated heterocycles. The molecule has 0 spiro atoms. The molecule has 1 atom stereocenters. The number of aryl methyl sites for hydroxylation is 1. The van der Waals surface area contributed by atoms with Crippen LogP contribution in [-0.4, -0.2) is 28.7 Å². The summed E-state index contributed by atoms with van der Waals surface area (Å²) < 4.78 is 1.97. The monoisotopic (exact) mass is 256 g/mol. The maximum atomic E-state index is 11.1. The smallest absolute Gasteiger partial charge is 0.321 e. The summed E-state index contributed by atoms with van der Waals surface area (Å²) in [6.07, 6.45) is 7.79. The molecule has 1 heterocycles. The first-order valence-electron chi connectivity index (χ1n) is 6.01. The van der Waals surface area contributed by atoms with E-state index in [1.165, 1.54) is 0 Å². The zero-order chi connectivity index (χ0) is 14.0. The first-order valence-corrected chi connectivity index (χ1v) is 6.01. The van der Waals surface area contributed by atoms with Gasteiger partial charge in [0.05, 0.1) is 0 Å². The fourth-order valence-electron chi connectivity index (χ4n) is 2.25. The minimum Gasteiger partial charge on any atom is -0.480 e. The topological polar surface area (TPSA) is 54.3 Å². The SMILES string of the molecule is C#Cc1ccc2c(CC(NC)C(=O)O)cn(C)c2c1. The van der Waals surface area contributed by atoms with Crippen molar-refractivity contribution in [1.82, 2.24) is 9.88 Å². The standard InChI is InChI=1S/C15H16N2O2/c1-4-10-5-6-12-11(8-13(16-2)15(18)19)9-17(3)14(12)7-10/h1,5-7,9,13,16H,8H2,2-3H3,(H,18,19). The number of hydrogen-bond acceptors (Lipinski definition) is 2. The van der Waals surface area contributed by atoms with E-state index in [0.29, 0.717) is 6.42 Å². The molecular formula is C15H16N2O2. The third kappa shape index (κ3) is 2.47. The lowest BCUT2D eigenvalue weighted by molar-refractivity contribution is -0.139. The second-order valence-corrected chi connectivity index (χ2v) is 4.53. The number of carboxylic acid groups (broad SMARTS) is 1.